The van der Waals surface area contributed by atoms with Crippen LogP contribution in [0.5, 0.6) is 5.75 Å². The average molecular weight is 523 g/mol. The summed E-state index contributed by atoms with van der Waals surface area (Å²) in [6.07, 6.45) is -3.72. The average Bonchev–Trinajstić information content (AvgIpc) is 2.91. The third kappa shape index (κ3) is 6.67. The number of nitro groups is 1. The van der Waals surface area contributed by atoms with Gasteiger partial charge in [0, 0.05) is 30.7 Å². The zero-order valence-electron chi connectivity index (χ0n) is 20.5. The molecule has 4 aromatic rings. The molecule has 4 aromatic carbocycles. The number of fused-ring (bicyclic) bond motifs is 1. The Hall–Kier alpha value is -4.40. The minimum atomic E-state index is -4.47. The van der Waals surface area contributed by atoms with Crippen LogP contribution in [0.3, 0.4) is 0 Å². The number of ether oxygens (including phenoxy) is 1. The number of aryl methyl sites for hydroxylation is 1. The largest absolute Gasteiger partial charge is 0.497 e. The summed E-state index contributed by atoms with van der Waals surface area (Å²) in [5, 5.41) is 16.4. The van der Waals surface area contributed by atoms with Gasteiger partial charge in [-0.15, -0.1) is 0 Å². The molecule has 0 saturated carbocycles. The lowest BCUT2D eigenvalue weighted by molar-refractivity contribution is -0.384. The molecule has 0 amide bonds. The number of anilines is 1. The number of halogens is 3. The van der Waals surface area contributed by atoms with Crippen molar-refractivity contribution in [1.82, 2.24) is 0 Å². The molecular formula is C29H25F3N2O4. The number of carbonyl (C=O) groups excluding carboxylic acids is 1. The fourth-order valence-corrected chi connectivity index (χ4v) is 4.23. The van der Waals surface area contributed by atoms with Gasteiger partial charge in [0.05, 0.1) is 23.6 Å². The summed E-state index contributed by atoms with van der Waals surface area (Å²) < 4.78 is 44.1. The Morgan fingerprint density at radius 3 is 2.37 bits per heavy atom. The zero-order valence-corrected chi connectivity index (χ0v) is 20.5. The van der Waals surface area contributed by atoms with E-state index in [1.165, 1.54) is 30.3 Å². The molecule has 1 N–H and O–H groups in total. The lowest BCUT2D eigenvalue weighted by atomic mass is 9.96. The molecule has 0 saturated heterocycles. The molecule has 4 rings (SSSR count). The van der Waals surface area contributed by atoms with E-state index in [-0.39, 0.29) is 24.3 Å². The molecule has 0 bridgehead atoms. The number of hydrogen-bond acceptors (Lipinski definition) is 5. The SMILES string of the molecule is COc1ccc2cc(CCC(=O)CC(Nc3ccc(C(F)(F)F)cc3)c3cccc([N+](=O)[O-])c3)ccc2c1. The Bertz CT molecular complexity index is 1450. The van der Waals surface area contributed by atoms with Crippen LogP contribution in [0.4, 0.5) is 24.5 Å². The second-order valence-corrected chi connectivity index (χ2v) is 8.91. The highest BCUT2D eigenvalue weighted by Gasteiger charge is 2.30. The van der Waals surface area contributed by atoms with E-state index in [9.17, 15) is 28.1 Å². The van der Waals surface area contributed by atoms with Crippen LogP contribution in [-0.2, 0) is 17.4 Å². The van der Waals surface area contributed by atoms with Gasteiger partial charge in [0.25, 0.3) is 5.69 Å². The molecule has 196 valence electrons. The van der Waals surface area contributed by atoms with E-state index in [0.29, 0.717) is 17.7 Å². The van der Waals surface area contributed by atoms with Crippen molar-refractivity contribution in [3.8, 4) is 5.75 Å². The minimum absolute atomic E-state index is 0.00691. The first-order valence-electron chi connectivity index (χ1n) is 11.9. The van der Waals surface area contributed by atoms with Crippen molar-refractivity contribution in [1.29, 1.82) is 0 Å². The predicted molar refractivity (Wildman–Crippen MR) is 139 cm³/mol. The van der Waals surface area contributed by atoms with E-state index in [1.807, 2.05) is 36.4 Å². The summed E-state index contributed by atoms with van der Waals surface area (Å²) in [5.74, 6) is 0.670. The normalized spacial score (nSPS) is 12.2. The maximum absolute atomic E-state index is 13.0. The van der Waals surface area contributed by atoms with Crippen molar-refractivity contribution in [3.05, 3.63) is 112 Å². The first kappa shape index (κ1) is 26.7. The molecule has 0 spiro atoms. The Morgan fingerprint density at radius 2 is 1.68 bits per heavy atom. The maximum Gasteiger partial charge on any atom is 0.416 e. The molecule has 1 atom stereocenters. The van der Waals surface area contributed by atoms with E-state index in [0.717, 1.165) is 34.2 Å². The molecule has 9 heteroatoms. The number of rotatable bonds is 10. The Kier molecular flexibility index (Phi) is 7.95. The second kappa shape index (κ2) is 11.3. The fraction of sp³-hybridized carbons (Fsp3) is 0.207. The molecule has 0 aromatic heterocycles. The molecule has 6 nitrogen and oxygen atoms in total. The van der Waals surface area contributed by atoms with Gasteiger partial charge in [-0.2, -0.15) is 13.2 Å². The number of benzene rings is 4. The Morgan fingerprint density at radius 1 is 0.974 bits per heavy atom. The number of carbonyl (C=O) groups is 1. The van der Waals surface area contributed by atoms with Crippen molar-refractivity contribution in [2.75, 3.05) is 12.4 Å². The Labute approximate surface area is 217 Å². The minimum Gasteiger partial charge on any atom is -0.497 e. The monoisotopic (exact) mass is 522 g/mol. The summed E-state index contributed by atoms with van der Waals surface area (Å²) in [5.41, 5.74) is 0.916. The molecule has 0 radical (unpaired) electrons. The number of nitrogens with one attached hydrogen (secondary N) is 1. The molecule has 0 fully saturated rings. The van der Waals surface area contributed by atoms with Crippen LogP contribution >= 0.6 is 0 Å². The van der Waals surface area contributed by atoms with E-state index < -0.39 is 22.7 Å². The third-order valence-corrected chi connectivity index (χ3v) is 6.27. The summed E-state index contributed by atoms with van der Waals surface area (Å²) >= 11 is 0. The molecule has 0 aliphatic carbocycles. The first-order chi connectivity index (χ1) is 18.1. The summed E-state index contributed by atoms with van der Waals surface area (Å²) in [6, 6.07) is 21.4. The van der Waals surface area contributed by atoms with Crippen molar-refractivity contribution in [2.45, 2.75) is 31.5 Å². The van der Waals surface area contributed by atoms with Crippen LogP contribution < -0.4 is 10.1 Å². The number of alkyl halides is 3. The van der Waals surface area contributed by atoms with Crippen LogP contribution in [0.25, 0.3) is 10.8 Å². The lowest BCUT2D eigenvalue weighted by Crippen LogP contribution is -2.16. The highest BCUT2D eigenvalue weighted by Crippen LogP contribution is 2.32. The highest BCUT2D eigenvalue weighted by molar-refractivity contribution is 5.85. The van der Waals surface area contributed by atoms with Crippen molar-refractivity contribution in [3.63, 3.8) is 0 Å². The summed E-state index contributed by atoms with van der Waals surface area (Å²) in [4.78, 5) is 23.8. The molecule has 0 aliphatic heterocycles. The van der Waals surface area contributed by atoms with Gasteiger partial charge in [0.15, 0.2) is 0 Å². The number of hydrogen-bond donors (Lipinski definition) is 1. The van der Waals surface area contributed by atoms with Gasteiger partial charge < -0.3 is 10.1 Å². The smallest absolute Gasteiger partial charge is 0.416 e. The van der Waals surface area contributed by atoms with Crippen LogP contribution in [0.2, 0.25) is 0 Å². The quantitative estimate of drug-likeness (QED) is 0.172. The number of ketones is 1. The second-order valence-electron chi connectivity index (χ2n) is 8.91. The Balaban J connectivity index is 1.49. The lowest BCUT2D eigenvalue weighted by Gasteiger charge is -2.20. The van der Waals surface area contributed by atoms with Gasteiger partial charge in [-0.1, -0.05) is 36.4 Å². The van der Waals surface area contributed by atoms with Gasteiger partial charge in [0.2, 0.25) is 0 Å². The molecule has 0 aliphatic rings. The van der Waals surface area contributed by atoms with Gasteiger partial charge in [-0.05, 0) is 64.7 Å². The van der Waals surface area contributed by atoms with Crippen LogP contribution in [0.15, 0.2) is 84.9 Å². The topological polar surface area (TPSA) is 81.5 Å². The standard InChI is InChI=1S/C29H25F3N2O4/c1-38-27-14-8-20-15-19(5-7-21(20)17-27)6-13-26(35)18-28(22-3-2-4-25(16-22)34(36)37)33-24-11-9-23(10-12-24)29(30,31)32/h2-5,7-12,14-17,28,33H,6,13,18H2,1H3. The van der Waals surface area contributed by atoms with Crippen LogP contribution in [-0.4, -0.2) is 17.8 Å². The predicted octanol–water partition coefficient (Wildman–Crippen LogP) is 7.52. The van der Waals surface area contributed by atoms with Crippen molar-refractivity contribution >= 4 is 27.9 Å². The van der Waals surface area contributed by atoms with Gasteiger partial charge in [-0.3, -0.25) is 14.9 Å². The first-order valence-corrected chi connectivity index (χ1v) is 11.9. The molecule has 38 heavy (non-hydrogen) atoms. The number of nitro benzene ring substituents is 1. The summed E-state index contributed by atoms with van der Waals surface area (Å²) in [7, 11) is 1.61. The third-order valence-electron chi connectivity index (χ3n) is 6.27. The van der Waals surface area contributed by atoms with E-state index in [1.54, 1.807) is 13.2 Å². The van der Waals surface area contributed by atoms with Gasteiger partial charge >= 0.3 is 6.18 Å². The van der Waals surface area contributed by atoms with E-state index >= 15 is 0 Å². The summed E-state index contributed by atoms with van der Waals surface area (Å²) in [6.45, 7) is 0. The van der Waals surface area contributed by atoms with Crippen LogP contribution in [0, 0.1) is 10.1 Å². The number of methoxy groups -OCH3 is 1. The van der Waals surface area contributed by atoms with Crippen molar-refractivity contribution < 1.29 is 27.6 Å². The highest BCUT2D eigenvalue weighted by atomic mass is 19.4. The molecular weight excluding hydrogens is 497 g/mol. The molecule has 1 unspecified atom stereocenters. The molecule has 0 heterocycles. The van der Waals surface area contributed by atoms with Gasteiger partial charge in [-0.25, -0.2) is 0 Å². The number of nitrogens with zero attached hydrogens (tertiary/aromatic N) is 1. The fourth-order valence-electron chi connectivity index (χ4n) is 4.23. The van der Waals surface area contributed by atoms with Crippen LogP contribution in [0.1, 0.15) is 35.6 Å². The van der Waals surface area contributed by atoms with E-state index in [4.69, 9.17) is 4.74 Å². The number of Topliss-reactive ketones (excluding diaryl/α,β-unsaturated/α-hetero) is 1. The van der Waals surface area contributed by atoms with Gasteiger partial charge in [0.1, 0.15) is 11.5 Å². The zero-order chi connectivity index (χ0) is 27.3. The maximum atomic E-state index is 13.0. The number of non-ortho nitro benzene ring substituents is 1. The van der Waals surface area contributed by atoms with E-state index in [2.05, 4.69) is 5.32 Å². The van der Waals surface area contributed by atoms with Crippen molar-refractivity contribution in [2.24, 2.45) is 0 Å².